The molecule has 14 heavy (non-hydrogen) atoms. The predicted octanol–water partition coefficient (Wildman–Crippen LogP) is 2.01. The summed E-state index contributed by atoms with van der Waals surface area (Å²) < 4.78 is 32.5. The molecule has 74 valence electrons. The Morgan fingerprint density at radius 1 is 1.43 bits per heavy atom. The summed E-state index contributed by atoms with van der Waals surface area (Å²) in [5, 5.41) is 0. The molecule has 0 atom stereocenters. The number of nitrogen functional groups attached to an aromatic ring is 1. The second kappa shape index (κ2) is 3.13. The Morgan fingerprint density at radius 2 is 2.21 bits per heavy atom. The molecule has 6 heteroatoms. The van der Waals surface area contributed by atoms with Crippen LogP contribution in [0.2, 0.25) is 0 Å². The van der Waals surface area contributed by atoms with Gasteiger partial charge in [0.25, 0.3) is 0 Å². The summed E-state index contributed by atoms with van der Waals surface area (Å²) in [6.07, 6.45) is -0.479. The zero-order valence-electron chi connectivity index (χ0n) is 6.91. The minimum atomic E-state index is -2.95. The maximum atomic E-state index is 11.8. The summed E-state index contributed by atoms with van der Waals surface area (Å²) in [5.41, 5.74) is 6.50. The van der Waals surface area contributed by atoms with Gasteiger partial charge in [-0.1, -0.05) is 6.07 Å². The standard InChI is InChI=1S/C8H6F2N2O2/c9-7(10)14-8-12-5-3-1-2-4(11)6(5)13-8/h1-3,7H,11H2. The smallest absolute Gasteiger partial charge is 0.399 e. The summed E-state index contributed by atoms with van der Waals surface area (Å²) in [4.78, 5) is 3.66. The molecule has 0 saturated heterocycles. The lowest BCUT2D eigenvalue weighted by Gasteiger charge is -1.95. The van der Waals surface area contributed by atoms with E-state index >= 15 is 0 Å². The van der Waals surface area contributed by atoms with Crippen molar-refractivity contribution in [2.24, 2.45) is 0 Å². The third-order valence-electron chi connectivity index (χ3n) is 1.62. The Hall–Kier alpha value is -1.85. The molecule has 0 aliphatic carbocycles. The molecular formula is C8H6F2N2O2. The van der Waals surface area contributed by atoms with Gasteiger partial charge in [0.2, 0.25) is 0 Å². The van der Waals surface area contributed by atoms with Crippen LogP contribution in [-0.4, -0.2) is 11.6 Å². The van der Waals surface area contributed by atoms with Gasteiger partial charge in [0.1, 0.15) is 5.52 Å². The number of anilines is 1. The van der Waals surface area contributed by atoms with Gasteiger partial charge in [-0.3, -0.25) is 0 Å². The average molecular weight is 200 g/mol. The monoisotopic (exact) mass is 200 g/mol. The first kappa shape index (κ1) is 8.74. The van der Waals surface area contributed by atoms with E-state index in [1.165, 1.54) is 0 Å². The van der Waals surface area contributed by atoms with E-state index in [0.29, 0.717) is 11.2 Å². The fourth-order valence-electron chi connectivity index (χ4n) is 1.08. The van der Waals surface area contributed by atoms with Crippen LogP contribution in [0.1, 0.15) is 0 Å². The topological polar surface area (TPSA) is 61.3 Å². The summed E-state index contributed by atoms with van der Waals surface area (Å²) in [6.45, 7) is -2.95. The lowest BCUT2D eigenvalue weighted by Crippen LogP contribution is -2.01. The molecule has 0 saturated carbocycles. The van der Waals surface area contributed by atoms with E-state index in [2.05, 4.69) is 9.72 Å². The van der Waals surface area contributed by atoms with Crippen LogP contribution in [0, 0.1) is 0 Å². The SMILES string of the molecule is Nc1cccc2nc(OC(F)F)oc12. The van der Waals surface area contributed by atoms with Gasteiger partial charge in [0.15, 0.2) is 5.58 Å². The molecule has 0 bridgehead atoms. The molecule has 1 aromatic carbocycles. The number of aromatic nitrogens is 1. The lowest BCUT2D eigenvalue weighted by molar-refractivity contribution is -0.0664. The van der Waals surface area contributed by atoms with Crippen LogP contribution in [0.3, 0.4) is 0 Å². The molecule has 1 aromatic heterocycles. The number of alkyl halides is 2. The summed E-state index contributed by atoms with van der Waals surface area (Å²) >= 11 is 0. The molecule has 2 rings (SSSR count). The molecule has 0 radical (unpaired) electrons. The van der Waals surface area contributed by atoms with Crippen molar-refractivity contribution >= 4 is 16.8 Å². The molecule has 2 N–H and O–H groups in total. The normalized spacial score (nSPS) is 11.1. The molecule has 0 aliphatic rings. The number of hydrogen-bond donors (Lipinski definition) is 1. The van der Waals surface area contributed by atoms with Crippen molar-refractivity contribution in [3.05, 3.63) is 18.2 Å². The predicted molar refractivity (Wildman–Crippen MR) is 45.1 cm³/mol. The largest absolute Gasteiger partial charge is 0.407 e. The second-order valence-corrected chi connectivity index (χ2v) is 2.55. The van der Waals surface area contributed by atoms with Gasteiger partial charge >= 0.3 is 12.7 Å². The van der Waals surface area contributed by atoms with Gasteiger partial charge in [-0.2, -0.15) is 13.8 Å². The van der Waals surface area contributed by atoms with Crippen molar-refractivity contribution in [2.75, 3.05) is 5.73 Å². The number of benzene rings is 1. The van der Waals surface area contributed by atoms with Gasteiger partial charge in [0.05, 0.1) is 5.69 Å². The maximum Gasteiger partial charge on any atom is 0.399 e. The molecule has 0 unspecified atom stereocenters. The quantitative estimate of drug-likeness (QED) is 0.753. The highest BCUT2D eigenvalue weighted by Crippen LogP contribution is 2.25. The summed E-state index contributed by atoms with van der Waals surface area (Å²) in [6, 6.07) is 4.82. The zero-order valence-corrected chi connectivity index (χ0v) is 6.91. The van der Waals surface area contributed by atoms with Crippen molar-refractivity contribution in [2.45, 2.75) is 6.61 Å². The van der Waals surface area contributed by atoms with Crippen molar-refractivity contribution in [1.82, 2.24) is 4.98 Å². The first-order valence-electron chi connectivity index (χ1n) is 3.76. The molecular weight excluding hydrogens is 194 g/mol. The number of nitrogens with zero attached hydrogens (tertiary/aromatic N) is 1. The van der Waals surface area contributed by atoms with Crippen molar-refractivity contribution in [1.29, 1.82) is 0 Å². The number of rotatable bonds is 2. The Kier molecular flexibility index (Phi) is 1.95. The Balaban J connectivity index is 2.46. The first-order valence-corrected chi connectivity index (χ1v) is 3.76. The maximum absolute atomic E-state index is 11.8. The van der Waals surface area contributed by atoms with E-state index in [1.807, 2.05) is 0 Å². The van der Waals surface area contributed by atoms with Gasteiger partial charge in [-0.25, -0.2) is 0 Å². The van der Waals surface area contributed by atoms with E-state index in [1.54, 1.807) is 18.2 Å². The average Bonchev–Trinajstić information content (AvgIpc) is 2.47. The lowest BCUT2D eigenvalue weighted by atomic mass is 10.3. The molecule has 0 spiro atoms. The van der Waals surface area contributed by atoms with Crippen LogP contribution in [0.4, 0.5) is 14.5 Å². The number of para-hydroxylation sites is 1. The van der Waals surface area contributed by atoms with Crippen LogP contribution in [-0.2, 0) is 0 Å². The Morgan fingerprint density at radius 3 is 2.86 bits per heavy atom. The molecule has 4 nitrogen and oxygen atoms in total. The molecule has 1 heterocycles. The van der Waals surface area contributed by atoms with E-state index in [4.69, 9.17) is 10.2 Å². The second-order valence-electron chi connectivity index (χ2n) is 2.55. The van der Waals surface area contributed by atoms with E-state index < -0.39 is 12.7 Å². The fourth-order valence-corrected chi connectivity index (χ4v) is 1.08. The number of ether oxygens (including phenoxy) is 1. The van der Waals surface area contributed by atoms with Gasteiger partial charge in [-0.15, -0.1) is 0 Å². The highest BCUT2D eigenvalue weighted by atomic mass is 19.3. The van der Waals surface area contributed by atoms with Gasteiger partial charge in [0, 0.05) is 0 Å². The third kappa shape index (κ3) is 1.46. The molecule has 0 fully saturated rings. The van der Waals surface area contributed by atoms with Crippen molar-refractivity contribution < 1.29 is 17.9 Å². The van der Waals surface area contributed by atoms with Gasteiger partial charge in [-0.05, 0) is 12.1 Å². The van der Waals surface area contributed by atoms with Gasteiger partial charge < -0.3 is 14.9 Å². The van der Waals surface area contributed by atoms with E-state index in [9.17, 15) is 8.78 Å². The highest BCUT2D eigenvalue weighted by Gasteiger charge is 2.12. The molecule has 0 aliphatic heterocycles. The zero-order chi connectivity index (χ0) is 10.1. The van der Waals surface area contributed by atoms with E-state index in [-0.39, 0.29) is 5.58 Å². The Labute approximate surface area is 77.3 Å². The van der Waals surface area contributed by atoms with Crippen molar-refractivity contribution in [3.8, 4) is 6.08 Å². The number of hydrogen-bond acceptors (Lipinski definition) is 4. The van der Waals surface area contributed by atoms with Crippen LogP contribution < -0.4 is 10.5 Å². The van der Waals surface area contributed by atoms with Crippen LogP contribution in [0.15, 0.2) is 22.6 Å². The summed E-state index contributed by atoms with van der Waals surface area (Å²) in [5.74, 6) is 0. The molecule has 0 amide bonds. The summed E-state index contributed by atoms with van der Waals surface area (Å²) in [7, 11) is 0. The van der Waals surface area contributed by atoms with E-state index in [0.717, 1.165) is 0 Å². The number of nitrogens with two attached hydrogens (primary N) is 1. The highest BCUT2D eigenvalue weighted by molar-refractivity contribution is 5.84. The Bertz CT molecular complexity index is 456. The minimum Gasteiger partial charge on any atom is -0.407 e. The first-order chi connectivity index (χ1) is 6.66. The van der Waals surface area contributed by atoms with Crippen LogP contribution >= 0.6 is 0 Å². The fraction of sp³-hybridized carbons (Fsp3) is 0.125. The van der Waals surface area contributed by atoms with Crippen LogP contribution in [0.25, 0.3) is 11.1 Å². The molecule has 2 aromatic rings. The third-order valence-corrected chi connectivity index (χ3v) is 1.62. The number of fused-ring (bicyclic) bond motifs is 1. The van der Waals surface area contributed by atoms with Crippen molar-refractivity contribution in [3.63, 3.8) is 0 Å². The minimum absolute atomic E-state index is 0.253. The van der Waals surface area contributed by atoms with Crippen LogP contribution in [0.5, 0.6) is 6.08 Å². The number of halogens is 2. The number of oxazole rings is 1.